The molecule has 2 nitrogen and oxygen atoms in total. The molecular formula is C11H23NO. The third-order valence-corrected chi connectivity index (χ3v) is 2.45. The summed E-state index contributed by atoms with van der Waals surface area (Å²) in [5.41, 5.74) is -0.587. The van der Waals surface area contributed by atoms with Crippen molar-refractivity contribution in [2.45, 2.75) is 39.7 Å². The number of nitrogens with one attached hydrogen (secondary N) is 1. The van der Waals surface area contributed by atoms with E-state index >= 15 is 0 Å². The number of hydrogen-bond donors (Lipinski definition) is 2. The Morgan fingerprint density at radius 3 is 2.54 bits per heavy atom. The summed E-state index contributed by atoms with van der Waals surface area (Å²) in [6, 6.07) is 0. The average molecular weight is 185 g/mol. The van der Waals surface area contributed by atoms with Gasteiger partial charge in [-0.15, -0.1) is 0 Å². The van der Waals surface area contributed by atoms with Crippen molar-refractivity contribution in [3.05, 3.63) is 12.2 Å². The Labute approximate surface area is 82.0 Å². The fraction of sp³-hybridized carbons (Fsp3) is 0.818. The maximum absolute atomic E-state index is 9.87. The number of hydrogen-bond acceptors (Lipinski definition) is 2. The molecule has 13 heavy (non-hydrogen) atoms. The second-order valence-corrected chi connectivity index (χ2v) is 4.05. The van der Waals surface area contributed by atoms with Gasteiger partial charge in [-0.05, 0) is 32.7 Å². The maximum atomic E-state index is 9.87. The van der Waals surface area contributed by atoms with E-state index < -0.39 is 5.60 Å². The smallest absolute Gasteiger partial charge is 0.0766 e. The molecule has 0 saturated heterocycles. The molecule has 0 aliphatic heterocycles. The minimum absolute atomic E-state index is 0.293. The standard InChI is InChI=1S/C11H23NO/c1-5-6-7-8-12-9-11(4,13)10(2)3/h5-6,10,12-13H,7-9H2,1-4H3/b6-5+. The number of rotatable bonds is 6. The van der Waals surface area contributed by atoms with Crippen LogP contribution in [0.1, 0.15) is 34.1 Å². The van der Waals surface area contributed by atoms with Crippen molar-refractivity contribution < 1.29 is 5.11 Å². The van der Waals surface area contributed by atoms with E-state index in [9.17, 15) is 5.11 Å². The Balaban J connectivity index is 3.52. The molecule has 0 rings (SSSR count). The Kier molecular flexibility index (Phi) is 6.00. The molecule has 1 atom stereocenters. The number of allylic oxidation sites excluding steroid dienone is 1. The van der Waals surface area contributed by atoms with Crippen LogP contribution in [-0.2, 0) is 0 Å². The van der Waals surface area contributed by atoms with Gasteiger partial charge in [-0.2, -0.15) is 0 Å². The first-order valence-electron chi connectivity index (χ1n) is 5.05. The molecule has 0 aliphatic rings. The van der Waals surface area contributed by atoms with Crippen LogP contribution in [0.15, 0.2) is 12.2 Å². The van der Waals surface area contributed by atoms with Gasteiger partial charge in [0.05, 0.1) is 5.60 Å². The van der Waals surface area contributed by atoms with Crippen molar-refractivity contribution in [2.24, 2.45) is 5.92 Å². The van der Waals surface area contributed by atoms with Gasteiger partial charge in [-0.1, -0.05) is 26.0 Å². The van der Waals surface area contributed by atoms with E-state index in [4.69, 9.17) is 0 Å². The van der Waals surface area contributed by atoms with Crippen molar-refractivity contribution in [1.82, 2.24) is 5.32 Å². The Morgan fingerprint density at radius 1 is 1.46 bits per heavy atom. The Morgan fingerprint density at radius 2 is 2.08 bits per heavy atom. The molecule has 2 heteroatoms. The lowest BCUT2D eigenvalue weighted by atomic mass is 9.92. The molecule has 0 spiro atoms. The van der Waals surface area contributed by atoms with Gasteiger partial charge in [-0.3, -0.25) is 0 Å². The van der Waals surface area contributed by atoms with Gasteiger partial charge < -0.3 is 10.4 Å². The summed E-state index contributed by atoms with van der Waals surface area (Å²) in [4.78, 5) is 0. The van der Waals surface area contributed by atoms with Crippen molar-refractivity contribution in [2.75, 3.05) is 13.1 Å². The van der Waals surface area contributed by atoms with Gasteiger partial charge in [0.15, 0.2) is 0 Å². The highest BCUT2D eigenvalue weighted by Crippen LogP contribution is 2.14. The van der Waals surface area contributed by atoms with Crippen LogP contribution in [0.4, 0.5) is 0 Å². The molecule has 0 amide bonds. The summed E-state index contributed by atoms with van der Waals surface area (Å²) < 4.78 is 0. The highest BCUT2D eigenvalue weighted by Gasteiger charge is 2.23. The molecule has 0 aromatic heterocycles. The molecular weight excluding hydrogens is 162 g/mol. The van der Waals surface area contributed by atoms with Crippen molar-refractivity contribution >= 4 is 0 Å². The average Bonchev–Trinajstić information content (AvgIpc) is 2.03. The SMILES string of the molecule is C/C=C/CCNCC(C)(O)C(C)C. The molecule has 0 saturated carbocycles. The highest BCUT2D eigenvalue weighted by atomic mass is 16.3. The zero-order chi connectivity index (χ0) is 10.3. The molecule has 0 aromatic rings. The molecule has 0 radical (unpaired) electrons. The predicted octanol–water partition coefficient (Wildman–Crippen LogP) is 1.95. The van der Waals surface area contributed by atoms with Crippen LogP contribution in [0.25, 0.3) is 0 Å². The predicted molar refractivity (Wildman–Crippen MR) is 57.8 cm³/mol. The lowest BCUT2D eigenvalue weighted by Gasteiger charge is -2.27. The molecule has 78 valence electrons. The minimum Gasteiger partial charge on any atom is -0.389 e. The van der Waals surface area contributed by atoms with E-state index in [2.05, 4.69) is 11.4 Å². The topological polar surface area (TPSA) is 32.3 Å². The summed E-state index contributed by atoms with van der Waals surface area (Å²) in [5.74, 6) is 0.293. The van der Waals surface area contributed by atoms with Gasteiger partial charge in [0, 0.05) is 6.54 Å². The summed E-state index contributed by atoms with van der Waals surface area (Å²) in [5, 5.41) is 13.1. The van der Waals surface area contributed by atoms with Gasteiger partial charge >= 0.3 is 0 Å². The van der Waals surface area contributed by atoms with Crippen molar-refractivity contribution in [3.63, 3.8) is 0 Å². The van der Waals surface area contributed by atoms with Crippen LogP contribution in [0.2, 0.25) is 0 Å². The third-order valence-electron chi connectivity index (χ3n) is 2.45. The molecule has 0 heterocycles. The van der Waals surface area contributed by atoms with Crippen LogP contribution in [0, 0.1) is 5.92 Å². The Bertz CT molecular complexity index is 150. The zero-order valence-electron chi connectivity index (χ0n) is 9.30. The van der Waals surface area contributed by atoms with Crippen molar-refractivity contribution in [1.29, 1.82) is 0 Å². The van der Waals surface area contributed by atoms with Crippen LogP contribution < -0.4 is 5.32 Å². The summed E-state index contributed by atoms with van der Waals surface area (Å²) in [7, 11) is 0. The highest BCUT2D eigenvalue weighted by molar-refractivity contribution is 4.81. The van der Waals surface area contributed by atoms with Gasteiger partial charge in [0.1, 0.15) is 0 Å². The minimum atomic E-state index is -0.587. The molecule has 0 aromatic carbocycles. The molecule has 0 aliphatic carbocycles. The van der Waals surface area contributed by atoms with Crippen LogP contribution >= 0.6 is 0 Å². The van der Waals surface area contributed by atoms with E-state index in [0.29, 0.717) is 12.5 Å². The third kappa shape index (κ3) is 5.83. The monoisotopic (exact) mass is 185 g/mol. The van der Waals surface area contributed by atoms with E-state index in [1.54, 1.807) is 0 Å². The second-order valence-electron chi connectivity index (χ2n) is 4.05. The van der Waals surface area contributed by atoms with Gasteiger partial charge in [0.2, 0.25) is 0 Å². The van der Waals surface area contributed by atoms with Crippen LogP contribution in [0.3, 0.4) is 0 Å². The fourth-order valence-corrected chi connectivity index (χ4v) is 0.898. The van der Waals surface area contributed by atoms with Crippen LogP contribution in [0.5, 0.6) is 0 Å². The van der Waals surface area contributed by atoms with E-state index in [1.807, 2.05) is 33.8 Å². The first kappa shape index (κ1) is 12.7. The lowest BCUT2D eigenvalue weighted by Crippen LogP contribution is -2.42. The lowest BCUT2D eigenvalue weighted by molar-refractivity contribution is 0.0145. The molecule has 0 bridgehead atoms. The maximum Gasteiger partial charge on any atom is 0.0766 e. The summed E-state index contributed by atoms with van der Waals surface area (Å²) in [6.45, 7) is 9.57. The van der Waals surface area contributed by atoms with Crippen LogP contribution in [-0.4, -0.2) is 23.8 Å². The van der Waals surface area contributed by atoms with Crippen molar-refractivity contribution in [3.8, 4) is 0 Å². The molecule has 0 fully saturated rings. The summed E-state index contributed by atoms with van der Waals surface area (Å²) >= 11 is 0. The van der Waals surface area contributed by atoms with E-state index in [1.165, 1.54) is 0 Å². The van der Waals surface area contributed by atoms with Gasteiger partial charge in [-0.25, -0.2) is 0 Å². The van der Waals surface area contributed by atoms with E-state index in [-0.39, 0.29) is 0 Å². The molecule has 2 N–H and O–H groups in total. The van der Waals surface area contributed by atoms with E-state index in [0.717, 1.165) is 13.0 Å². The first-order valence-corrected chi connectivity index (χ1v) is 5.05. The number of aliphatic hydroxyl groups is 1. The first-order chi connectivity index (χ1) is 6.00. The zero-order valence-corrected chi connectivity index (χ0v) is 9.30. The quantitative estimate of drug-likeness (QED) is 0.489. The fourth-order valence-electron chi connectivity index (χ4n) is 0.898. The summed E-state index contributed by atoms with van der Waals surface area (Å²) in [6.07, 6.45) is 5.20. The van der Waals surface area contributed by atoms with Gasteiger partial charge in [0.25, 0.3) is 0 Å². The largest absolute Gasteiger partial charge is 0.389 e. The normalized spacial score (nSPS) is 16.8. The Hall–Kier alpha value is -0.340. The second kappa shape index (κ2) is 6.17. The molecule has 1 unspecified atom stereocenters.